The van der Waals surface area contributed by atoms with Gasteiger partial charge in [0.15, 0.2) is 0 Å². The summed E-state index contributed by atoms with van der Waals surface area (Å²) in [4.78, 5) is 14.7. The molecular weight excluding hydrogens is 315 g/mol. The van der Waals surface area contributed by atoms with E-state index in [2.05, 4.69) is 29.3 Å². The van der Waals surface area contributed by atoms with Crippen LogP contribution in [0.3, 0.4) is 0 Å². The van der Waals surface area contributed by atoms with Gasteiger partial charge < -0.3 is 5.32 Å². The quantitative estimate of drug-likeness (QED) is 0.903. The van der Waals surface area contributed by atoms with Crippen LogP contribution in [0.15, 0.2) is 30.3 Å². The number of fused-ring (bicyclic) bond motifs is 1. The lowest BCUT2D eigenvalue weighted by Crippen LogP contribution is -2.39. The van der Waals surface area contributed by atoms with Gasteiger partial charge in [-0.25, -0.2) is 4.39 Å². The average Bonchev–Trinajstić information content (AvgIpc) is 2.54. The molecule has 1 unspecified atom stereocenters. The minimum absolute atomic E-state index is 0.0262. The molecule has 2 aromatic carbocycles. The Labute approximate surface area is 148 Å². The molecule has 0 radical (unpaired) electrons. The molecule has 2 aromatic rings. The fourth-order valence-corrected chi connectivity index (χ4v) is 3.79. The molecule has 0 bridgehead atoms. The fraction of sp³-hybridized carbons (Fsp3) is 0.381. The summed E-state index contributed by atoms with van der Waals surface area (Å²) in [6.45, 7) is 9.23. The van der Waals surface area contributed by atoms with Crippen molar-refractivity contribution in [3.8, 4) is 0 Å². The second-order valence-corrected chi connectivity index (χ2v) is 7.06. The van der Waals surface area contributed by atoms with Gasteiger partial charge in [0.2, 0.25) is 5.91 Å². The zero-order valence-electron chi connectivity index (χ0n) is 15.3. The molecule has 1 aliphatic heterocycles. The number of benzene rings is 2. The summed E-state index contributed by atoms with van der Waals surface area (Å²) in [6, 6.07) is 9.15. The molecule has 25 heavy (non-hydrogen) atoms. The van der Waals surface area contributed by atoms with Gasteiger partial charge >= 0.3 is 0 Å². The van der Waals surface area contributed by atoms with Gasteiger partial charge in [0.05, 0.1) is 6.54 Å². The number of halogens is 1. The molecule has 0 aliphatic carbocycles. The van der Waals surface area contributed by atoms with Crippen molar-refractivity contribution in [2.75, 3.05) is 18.4 Å². The molecule has 0 spiro atoms. The summed E-state index contributed by atoms with van der Waals surface area (Å²) in [5, 5.41) is 3.05. The first-order valence-electron chi connectivity index (χ1n) is 8.75. The predicted octanol–water partition coefficient (Wildman–Crippen LogP) is 4.31. The lowest BCUT2D eigenvalue weighted by molar-refractivity contribution is -0.117. The summed E-state index contributed by atoms with van der Waals surface area (Å²) in [6.07, 6.45) is 0.843. The van der Waals surface area contributed by atoms with Gasteiger partial charge in [-0.3, -0.25) is 9.69 Å². The molecule has 3 rings (SSSR count). The zero-order valence-corrected chi connectivity index (χ0v) is 15.3. The van der Waals surface area contributed by atoms with E-state index in [1.165, 1.54) is 17.2 Å². The number of hydrogen-bond acceptors (Lipinski definition) is 2. The third-order valence-corrected chi connectivity index (χ3v) is 5.06. The van der Waals surface area contributed by atoms with Crippen LogP contribution in [0, 0.1) is 26.6 Å². The number of nitrogens with zero attached hydrogens (tertiary/aromatic N) is 1. The highest BCUT2D eigenvalue weighted by molar-refractivity contribution is 5.93. The van der Waals surface area contributed by atoms with E-state index in [-0.39, 0.29) is 17.8 Å². The van der Waals surface area contributed by atoms with Crippen LogP contribution in [-0.2, 0) is 11.2 Å². The van der Waals surface area contributed by atoms with Crippen molar-refractivity contribution in [2.45, 2.75) is 40.2 Å². The predicted molar refractivity (Wildman–Crippen MR) is 99.4 cm³/mol. The average molecular weight is 340 g/mol. The largest absolute Gasteiger partial charge is 0.324 e. The van der Waals surface area contributed by atoms with E-state index in [9.17, 15) is 9.18 Å². The monoisotopic (exact) mass is 340 g/mol. The molecule has 3 nitrogen and oxygen atoms in total. The van der Waals surface area contributed by atoms with Crippen LogP contribution < -0.4 is 5.32 Å². The number of aryl methyl sites for hydroxylation is 3. The van der Waals surface area contributed by atoms with E-state index < -0.39 is 0 Å². The van der Waals surface area contributed by atoms with Crippen molar-refractivity contribution in [3.05, 3.63) is 64.0 Å². The molecule has 132 valence electrons. The van der Waals surface area contributed by atoms with Crippen LogP contribution in [0.1, 0.15) is 40.8 Å². The Kier molecular flexibility index (Phi) is 4.91. The molecule has 1 heterocycles. The van der Waals surface area contributed by atoms with E-state index in [4.69, 9.17) is 0 Å². The summed E-state index contributed by atoms with van der Waals surface area (Å²) in [5.41, 5.74) is 6.40. The Morgan fingerprint density at radius 2 is 1.88 bits per heavy atom. The maximum Gasteiger partial charge on any atom is 0.238 e. The zero-order chi connectivity index (χ0) is 18.1. The van der Waals surface area contributed by atoms with Crippen molar-refractivity contribution >= 4 is 11.6 Å². The molecular formula is C21H25FN2O. The van der Waals surface area contributed by atoms with Crippen LogP contribution in [0.2, 0.25) is 0 Å². The summed E-state index contributed by atoms with van der Waals surface area (Å²) < 4.78 is 13.6. The highest BCUT2D eigenvalue weighted by Gasteiger charge is 2.26. The molecule has 1 amide bonds. The first-order valence-corrected chi connectivity index (χ1v) is 8.75. The van der Waals surface area contributed by atoms with Crippen molar-refractivity contribution < 1.29 is 9.18 Å². The van der Waals surface area contributed by atoms with E-state index in [1.54, 1.807) is 6.07 Å². The lowest BCUT2D eigenvalue weighted by Gasteiger charge is -2.34. The first kappa shape index (κ1) is 17.6. The van der Waals surface area contributed by atoms with Crippen LogP contribution in [0.4, 0.5) is 10.1 Å². The minimum Gasteiger partial charge on any atom is -0.324 e. The minimum atomic E-state index is -0.220. The third-order valence-electron chi connectivity index (χ3n) is 5.06. The standard InChI is InChI=1S/C21H25FN2O/c1-13-9-14(2)21(15(3)10-13)23-20(25)12-24-8-7-17-5-6-18(22)11-19(17)16(24)4/h5-6,9-11,16H,7-8,12H2,1-4H3,(H,23,25). The lowest BCUT2D eigenvalue weighted by atomic mass is 9.93. The smallest absolute Gasteiger partial charge is 0.238 e. The van der Waals surface area contributed by atoms with Crippen molar-refractivity contribution in [3.63, 3.8) is 0 Å². The molecule has 1 aliphatic rings. The number of hydrogen-bond donors (Lipinski definition) is 1. The molecule has 1 N–H and O–H groups in total. The Bertz CT molecular complexity index is 793. The topological polar surface area (TPSA) is 32.3 Å². The number of amides is 1. The van der Waals surface area contributed by atoms with Crippen LogP contribution >= 0.6 is 0 Å². The van der Waals surface area contributed by atoms with Gasteiger partial charge in [0.1, 0.15) is 5.82 Å². The van der Waals surface area contributed by atoms with Gasteiger partial charge in [-0.05, 0) is 68.5 Å². The van der Waals surface area contributed by atoms with Gasteiger partial charge in [0, 0.05) is 18.3 Å². The van der Waals surface area contributed by atoms with Gasteiger partial charge in [-0.15, -0.1) is 0 Å². The summed E-state index contributed by atoms with van der Waals surface area (Å²) in [5.74, 6) is -0.246. The number of anilines is 1. The molecule has 0 aromatic heterocycles. The number of nitrogens with one attached hydrogen (secondary N) is 1. The van der Waals surface area contributed by atoms with Crippen molar-refractivity contribution in [1.29, 1.82) is 0 Å². The van der Waals surface area contributed by atoms with Crippen LogP contribution in [-0.4, -0.2) is 23.9 Å². The van der Waals surface area contributed by atoms with Crippen LogP contribution in [0.25, 0.3) is 0 Å². The van der Waals surface area contributed by atoms with Gasteiger partial charge in [-0.1, -0.05) is 23.8 Å². The van der Waals surface area contributed by atoms with Gasteiger partial charge in [-0.2, -0.15) is 0 Å². The highest BCUT2D eigenvalue weighted by Crippen LogP contribution is 2.30. The Balaban J connectivity index is 1.72. The SMILES string of the molecule is Cc1cc(C)c(NC(=O)CN2CCc3ccc(F)cc3C2C)c(C)c1. The third kappa shape index (κ3) is 3.74. The second kappa shape index (κ2) is 6.96. The van der Waals surface area contributed by atoms with E-state index >= 15 is 0 Å². The molecule has 1 atom stereocenters. The van der Waals surface area contributed by atoms with E-state index in [1.807, 2.05) is 26.8 Å². The molecule has 0 saturated carbocycles. The van der Waals surface area contributed by atoms with Gasteiger partial charge in [0.25, 0.3) is 0 Å². The summed E-state index contributed by atoms with van der Waals surface area (Å²) >= 11 is 0. The molecule has 0 saturated heterocycles. The van der Waals surface area contributed by atoms with E-state index in [0.717, 1.165) is 35.3 Å². The molecule has 4 heteroatoms. The van der Waals surface area contributed by atoms with Crippen molar-refractivity contribution in [2.24, 2.45) is 0 Å². The Hall–Kier alpha value is -2.20. The Morgan fingerprint density at radius 1 is 1.20 bits per heavy atom. The Morgan fingerprint density at radius 3 is 2.56 bits per heavy atom. The fourth-order valence-electron chi connectivity index (χ4n) is 3.79. The number of rotatable bonds is 3. The maximum absolute atomic E-state index is 13.6. The van der Waals surface area contributed by atoms with Crippen molar-refractivity contribution in [1.82, 2.24) is 4.90 Å². The molecule has 0 fully saturated rings. The second-order valence-electron chi connectivity index (χ2n) is 7.06. The van der Waals surface area contributed by atoms with Crippen LogP contribution in [0.5, 0.6) is 0 Å². The summed E-state index contributed by atoms with van der Waals surface area (Å²) in [7, 11) is 0. The number of carbonyl (C=O) groups excluding carboxylic acids is 1. The highest BCUT2D eigenvalue weighted by atomic mass is 19.1. The maximum atomic E-state index is 13.6. The normalized spacial score (nSPS) is 17.2. The first-order chi connectivity index (χ1) is 11.8. The van der Waals surface area contributed by atoms with E-state index in [0.29, 0.717) is 6.54 Å². The number of carbonyl (C=O) groups is 1.